The topological polar surface area (TPSA) is 81.4 Å². The number of hydrogen-bond donors (Lipinski definition) is 2. The molecule has 0 aromatic heterocycles. The highest BCUT2D eigenvalue weighted by Crippen LogP contribution is 2.19. The molecule has 0 aliphatic rings. The molecule has 120 valence electrons. The Kier molecular flexibility index (Phi) is 6.80. The van der Waals surface area contributed by atoms with Gasteiger partial charge in [-0.15, -0.1) is 0 Å². The lowest BCUT2D eigenvalue weighted by Gasteiger charge is -2.24. The lowest BCUT2D eigenvalue weighted by molar-refractivity contribution is 0.153. The van der Waals surface area contributed by atoms with Crippen LogP contribution in [0.4, 0.5) is 0 Å². The van der Waals surface area contributed by atoms with E-state index >= 15 is 0 Å². The van der Waals surface area contributed by atoms with Gasteiger partial charge in [0.15, 0.2) is 0 Å². The number of hydrogen-bond acceptors (Lipinski definition) is 4. The summed E-state index contributed by atoms with van der Waals surface area (Å²) in [6.07, 6.45) is 0.803. The molecule has 5 nitrogen and oxygen atoms in total. The summed E-state index contributed by atoms with van der Waals surface area (Å²) >= 11 is 0. The maximum Gasteiger partial charge on any atom is 0.215 e. The van der Waals surface area contributed by atoms with Crippen LogP contribution in [0.15, 0.2) is 24.3 Å². The summed E-state index contributed by atoms with van der Waals surface area (Å²) in [6, 6.07) is 7.32. The van der Waals surface area contributed by atoms with E-state index in [1.54, 1.807) is 19.2 Å². The quantitative estimate of drug-likeness (QED) is 0.726. The van der Waals surface area contributed by atoms with E-state index < -0.39 is 10.0 Å². The highest BCUT2D eigenvalue weighted by molar-refractivity contribution is 7.88. The van der Waals surface area contributed by atoms with Gasteiger partial charge in [0.05, 0.1) is 5.75 Å². The number of nitrogens with one attached hydrogen (secondary N) is 1. The second-order valence-corrected chi connectivity index (χ2v) is 7.81. The van der Waals surface area contributed by atoms with Gasteiger partial charge >= 0.3 is 0 Å². The molecule has 1 aromatic carbocycles. The largest absolute Gasteiger partial charge is 0.385 e. The molecule has 0 radical (unpaired) electrons. The van der Waals surface area contributed by atoms with Crippen molar-refractivity contribution in [3.63, 3.8) is 0 Å². The Bertz CT molecular complexity index is 524. The minimum atomic E-state index is -3.33. The van der Waals surface area contributed by atoms with Crippen LogP contribution in [0, 0.1) is 5.41 Å². The maximum absolute atomic E-state index is 12.1. The van der Waals surface area contributed by atoms with Crippen molar-refractivity contribution < 1.29 is 13.2 Å². The third kappa shape index (κ3) is 7.04. The average molecular weight is 314 g/mol. The third-order valence-electron chi connectivity index (χ3n) is 3.37. The van der Waals surface area contributed by atoms with Crippen LogP contribution >= 0.6 is 0 Å². The Morgan fingerprint density at radius 1 is 1.19 bits per heavy atom. The van der Waals surface area contributed by atoms with Crippen LogP contribution in [0.5, 0.6) is 0 Å². The first-order valence-corrected chi connectivity index (χ1v) is 8.67. The molecule has 21 heavy (non-hydrogen) atoms. The van der Waals surface area contributed by atoms with E-state index in [1.807, 2.05) is 26.0 Å². The lowest BCUT2D eigenvalue weighted by atomic mass is 9.90. The predicted octanol–water partition coefficient (Wildman–Crippen LogP) is 1.63. The van der Waals surface area contributed by atoms with Crippen molar-refractivity contribution in [3.05, 3.63) is 35.4 Å². The Hall–Kier alpha value is -0.950. The molecule has 0 amide bonds. The summed E-state index contributed by atoms with van der Waals surface area (Å²) in [7, 11) is -1.69. The Morgan fingerprint density at radius 2 is 1.76 bits per heavy atom. The first-order chi connectivity index (χ1) is 9.78. The summed E-state index contributed by atoms with van der Waals surface area (Å²) in [5.74, 6) is -0.0157. The number of benzene rings is 1. The zero-order chi connectivity index (χ0) is 15.9. The van der Waals surface area contributed by atoms with Crippen LogP contribution < -0.4 is 10.5 Å². The van der Waals surface area contributed by atoms with Gasteiger partial charge in [-0.2, -0.15) is 0 Å². The summed E-state index contributed by atoms with van der Waals surface area (Å²) in [6.45, 7) is 5.52. The van der Waals surface area contributed by atoms with Crippen LogP contribution in [-0.2, 0) is 27.1 Å². The summed E-state index contributed by atoms with van der Waals surface area (Å²) < 4.78 is 31.9. The van der Waals surface area contributed by atoms with Crippen LogP contribution in [0.1, 0.15) is 31.4 Å². The van der Waals surface area contributed by atoms with Crippen LogP contribution in [0.25, 0.3) is 0 Å². The van der Waals surface area contributed by atoms with Crippen molar-refractivity contribution in [1.82, 2.24) is 4.72 Å². The van der Waals surface area contributed by atoms with E-state index in [4.69, 9.17) is 10.5 Å². The highest BCUT2D eigenvalue weighted by Gasteiger charge is 2.21. The zero-order valence-electron chi connectivity index (χ0n) is 13.1. The predicted molar refractivity (Wildman–Crippen MR) is 85.2 cm³/mol. The van der Waals surface area contributed by atoms with Gasteiger partial charge in [0.1, 0.15) is 0 Å². The molecule has 0 heterocycles. The van der Waals surface area contributed by atoms with Crippen LogP contribution in [0.3, 0.4) is 0 Å². The fraction of sp³-hybridized carbons (Fsp3) is 0.600. The maximum atomic E-state index is 12.1. The molecule has 0 aliphatic carbocycles. The summed E-state index contributed by atoms with van der Waals surface area (Å²) in [4.78, 5) is 0. The second-order valence-electron chi connectivity index (χ2n) is 6.01. The highest BCUT2D eigenvalue weighted by atomic mass is 32.2. The molecule has 6 heteroatoms. The number of nitrogens with two attached hydrogens (primary N) is 1. The number of rotatable bonds is 9. The number of methoxy groups -OCH3 is 1. The van der Waals surface area contributed by atoms with Crippen LogP contribution in [-0.4, -0.2) is 28.7 Å². The van der Waals surface area contributed by atoms with E-state index in [1.165, 1.54) is 0 Å². The molecule has 0 atom stereocenters. The molecular weight excluding hydrogens is 288 g/mol. The lowest BCUT2D eigenvalue weighted by Crippen LogP contribution is -2.35. The number of sulfonamides is 1. The molecule has 0 unspecified atom stereocenters. The van der Waals surface area contributed by atoms with E-state index in [0.717, 1.165) is 17.5 Å². The monoisotopic (exact) mass is 314 g/mol. The fourth-order valence-electron chi connectivity index (χ4n) is 1.81. The summed E-state index contributed by atoms with van der Waals surface area (Å²) in [5.41, 5.74) is 7.14. The van der Waals surface area contributed by atoms with Gasteiger partial charge in [0.25, 0.3) is 0 Å². The van der Waals surface area contributed by atoms with Crippen molar-refractivity contribution in [3.8, 4) is 0 Å². The Labute approximate surface area is 127 Å². The van der Waals surface area contributed by atoms with Crippen molar-refractivity contribution >= 4 is 10.0 Å². The van der Waals surface area contributed by atoms with Gasteiger partial charge in [-0.3, -0.25) is 0 Å². The second kappa shape index (κ2) is 7.89. The molecule has 3 N–H and O–H groups in total. The normalized spacial score (nSPS) is 12.6. The molecule has 0 fully saturated rings. The Morgan fingerprint density at radius 3 is 2.29 bits per heavy atom. The van der Waals surface area contributed by atoms with Gasteiger partial charge in [0, 0.05) is 26.8 Å². The van der Waals surface area contributed by atoms with Crippen molar-refractivity contribution in [2.24, 2.45) is 11.1 Å². The van der Waals surface area contributed by atoms with E-state index in [2.05, 4.69) is 4.72 Å². The minimum Gasteiger partial charge on any atom is -0.385 e. The third-order valence-corrected chi connectivity index (χ3v) is 4.67. The Balaban J connectivity index is 2.56. The molecule has 1 rings (SSSR count). The van der Waals surface area contributed by atoms with Gasteiger partial charge in [-0.25, -0.2) is 13.1 Å². The molecule has 0 spiro atoms. The molecular formula is C15H26N2O3S. The molecule has 1 aromatic rings. The standard InChI is InChI=1S/C15H26N2O3S/c1-15(2,8-9-20-3)12-17-21(18,19)11-14-6-4-13(10-16)5-7-14/h4-7,17H,8-12,16H2,1-3H3. The van der Waals surface area contributed by atoms with Crippen molar-refractivity contribution in [2.75, 3.05) is 20.3 Å². The van der Waals surface area contributed by atoms with E-state index in [0.29, 0.717) is 19.7 Å². The molecule has 0 saturated heterocycles. The van der Waals surface area contributed by atoms with Gasteiger partial charge in [-0.05, 0) is 23.0 Å². The minimum absolute atomic E-state index is 0.0157. The summed E-state index contributed by atoms with van der Waals surface area (Å²) in [5, 5.41) is 0. The van der Waals surface area contributed by atoms with Gasteiger partial charge < -0.3 is 10.5 Å². The average Bonchev–Trinajstić information content (AvgIpc) is 2.44. The van der Waals surface area contributed by atoms with E-state index in [-0.39, 0.29) is 11.2 Å². The zero-order valence-corrected chi connectivity index (χ0v) is 13.9. The fourth-order valence-corrected chi connectivity index (χ4v) is 3.16. The van der Waals surface area contributed by atoms with E-state index in [9.17, 15) is 8.42 Å². The van der Waals surface area contributed by atoms with Gasteiger partial charge in [0.2, 0.25) is 10.0 Å². The molecule has 0 bridgehead atoms. The number of ether oxygens (including phenoxy) is 1. The smallest absolute Gasteiger partial charge is 0.215 e. The molecule has 0 saturated carbocycles. The molecule has 0 aliphatic heterocycles. The van der Waals surface area contributed by atoms with Crippen LogP contribution in [0.2, 0.25) is 0 Å². The van der Waals surface area contributed by atoms with Crippen molar-refractivity contribution in [2.45, 2.75) is 32.6 Å². The van der Waals surface area contributed by atoms with Crippen molar-refractivity contribution in [1.29, 1.82) is 0 Å². The first kappa shape index (κ1) is 18.1. The van der Waals surface area contributed by atoms with Gasteiger partial charge in [-0.1, -0.05) is 38.1 Å². The first-order valence-electron chi connectivity index (χ1n) is 7.02. The SMILES string of the molecule is COCCC(C)(C)CNS(=O)(=O)Cc1ccc(CN)cc1.